The van der Waals surface area contributed by atoms with E-state index in [-0.39, 0.29) is 19.8 Å². The van der Waals surface area contributed by atoms with Crippen molar-refractivity contribution in [3.63, 3.8) is 0 Å². The monoisotopic (exact) mass is 269 g/mol. The summed E-state index contributed by atoms with van der Waals surface area (Å²) in [6.07, 6.45) is -2.21. The maximum atomic E-state index is 12.0. The first kappa shape index (κ1) is 15.7. The fourth-order valence-electron chi connectivity index (χ4n) is 2.00. The third-order valence-electron chi connectivity index (χ3n) is 3.26. The number of aliphatic hydroxyl groups excluding tert-OH is 1. The van der Waals surface area contributed by atoms with Gasteiger partial charge in [0.15, 0.2) is 0 Å². The summed E-state index contributed by atoms with van der Waals surface area (Å²) in [7, 11) is 0. The van der Waals surface area contributed by atoms with Crippen LogP contribution in [0.3, 0.4) is 0 Å². The van der Waals surface area contributed by atoms with Crippen LogP contribution >= 0.6 is 0 Å². The zero-order chi connectivity index (χ0) is 13.6. The molecule has 1 saturated carbocycles. The van der Waals surface area contributed by atoms with Crippen LogP contribution in [-0.2, 0) is 4.74 Å². The molecule has 1 unspecified atom stereocenters. The Bertz CT molecular complexity index is 244. The molecule has 0 aliphatic heterocycles. The van der Waals surface area contributed by atoms with Gasteiger partial charge in [-0.15, -0.1) is 0 Å². The smallest absolute Gasteiger partial charge is 0.391 e. The number of hydrogen-bond donors (Lipinski definition) is 2. The van der Waals surface area contributed by atoms with E-state index in [2.05, 4.69) is 5.32 Å². The summed E-state index contributed by atoms with van der Waals surface area (Å²) in [5, 5.41) is 12.7. The second-order valence-corrected chi connectivity index (χ2v) is 4.93. The molecule has 3 nitrogen and oxygen atoms in total. The molecule has 108 valence electrons. The molecular weight excluding hydrogens is 247 g/mol. The van der Waals surface area contributed by atoms with Crippen LogP contribution in [0.25, 0.3) is 0 Å². The van der Waals surface area contributed by atoms with E-state index in [0.717, 1.165) is 25.8 Å². The summed E-state index contributed by atoms with van der Waals surface area (Å²) in [6, 6.07) is 0. The first-order valence-electron chi connectivity index (χ1n) is 6.44. The largest absolute Gasteiger partial charge is 0.394 e. The summed E-state index contributed by atoms with van der Waals surface area (Å²) >= 11 is 0. The number of aliphatic hydroxyl groups is 1. The first-order chi connectivity index (χ1) is 8.43. The van der Waals surface area contributed by atoms with E-state index in [1.165, 1.54) is 0 Å². The molecule has 1 fully saturated rings. The van der Waals surface area contributed by atoms with Crippen molar-refractivity contribution in [2.75, 3.05) is 26.4 Å². The van der Waals surface area contributed by atoms with Crippen LogP contribution in [0, 0.1) is 5.92 Å². The van der Waals surface area contributed by atoms with Crippen LogP contribution in [0.15, 0.2) is 0 Å². The van der Waals surface area contributed by atoms with Gasteiger partial charge in [0.1, 0.15) is 0 Å². The van der Waals surface area contributed by atoms with Gasteiger partial charge in [0, 0.05) is 0 Å². The molecule has 6 heteroatoms. The van der Waals surface area contributed by atoms with Gasteiger partial charge in [0.25, 0.3) is 0 Å². The van der Waals surface area contributed by atoms with Crippen molar-refractivity contribution in [2.24, 2.45) is 5.92 Å². The standard InChI is InChI=1S/C12H22F3NO2/c1-2-6-16-11(8-17,10-3-4-10)9-18-7-5-12(13,14)15/h10,16-17H,2-9H2,1H3. The maximum absolute atomic E-state index is 12.0. The van der Waals surface area contributed by atoms with Crippen LogP contribution < -0.4 is 5.32 Å². The Balaban J connectivity index is 2.36. The molecule has 0 spiro atoms. The third-order valence-corrected chi connectivity index (χ3v) is 3.26. The Morgan fingerprint density at radius 1 is 1.33 bits per heavy atom. The molecule has 0 radical (unpaired) electrons. The molecule has 0 saturated heterocycles. The van der Waals surface area contributed by atoms with Gasteiger partial charge in [0.2, 0.25) is 0 Å². The first-order valence-corrected chi connectivity index (χ1v) is 6.44. The molecule has 0 amide bonds. The number of halogens is 3. The summed E-state index contributed by atoms with van der Waals surface area (Å²) in [6.45, 7) is 2.45. The lowest BCUT2D eigenvalue weighted by atomic mass is 9.95. The minimum Gasteiger partial charge on any atom is -0.394 e. The maximum Gasteiger partial charge on any atom is 0.391 e. The van der Waals surface area contributed by atoms with Gasteiger partial charge in [-0.1, -0.05) is 6.92 Å². The lowest BCUT2D eigenvalue weighted by Crippen LogP contribution is -2.54. The average molecular weight is 269 g/mol. The van der Waals surface area contributed by atoms with Crippen molar-refractivity contribution in [2.45, 2.75) is 44.3 Å². The zero-order valence-electron chi connectivity index (χ0n) is 10.7. The van der Waals surface area contributed by atoms with Gasteiger partial charge in [-0.3, -0.25) is 0 Å². The van der Waals surface area contributed by atoms with Crippen LogP contribution in [0.1, 0.15) is 32.6 Å². The predicted octanol–water partition coefficient (Wildman–Crippen LogP) is 2.10. The Hall–Kier alpha value is -0.330. The lowest BCUT2D eigenvalue weighted by Gasteiger charge is -2.33. The molecule has 0 bridgehead atoms. The Labute approximate surface area is 106 Å². The number of nitrogens with one attached hydrogen (secondary N) is 1. The van der Waals surface area contributed by atoms with Crippen LogP contribution in [0.2, 0.25) is 0 Å². The molecule has 0 heterocycles. The summed E-state index contributed by atoms with van der Waals surface area (Å²) in [5.41, 5.74) is -0.554. The van der Waals surface area contributed by atoms with Crippen molar-refractivity contribution in [1.82, 2.24) is 5.32 Å². The van der Waals surface area contributed by atoms with E-state index in [0.29, 0.717) is 5.92 Å². The molecule has 0 aromatic rings. The number of rotatable bonds is 9. The predicted molar refractivity (Wildman–Crippen MR) is 62.3 cm³/mol. The average Bonchev–Trinajstić information content (AvgIpc) is 3.12. The van der Waals surface area contributed by atoms with Gasteiger partial charge >= 0.3 is 6.18 Å². The van der Waals surface area contributed by atoms with E-state index in [1.807, 2.05) is 6.92 Å². The Kier molecular flexibility index (Phi) is 5.88. The molecule has 0 aromatic carbocycles. The molecule has 2 N–H and O–H groups in total. The molecule has 1 atom stereocenters. The molecule has 1 rings (SSSR count). The minimum absolute atomic E-state index is 0.0936. The highest BCUT2D eigenvalue weighted by Crippen LogP contribution is 2.39. The second-order valence-electron chi connectivity index (χ2n) is 4.93. The number of hydrogen-bond acceptors (Lipinski definition) is 3. The van der Waals surface area contributed by atoms with E-state index < -0.39 is 18.1 Å². The fraction of sp³-hybridized carbons (Fsp3) is 1.00. The normalized spacial score (nSPS) is 19.8. The van der Waals surface area contributed by atoms with Gasteiger partial charge in [-0.05, 0) is 31.7 Å². The van der Waals surface area contributed by atoms with E-state index in [9.17, 15) is 18.3 Å². The summed E-state index contributed by atoms with van der Waals surface area (Å²) in [4.78, 5) is 0. The van der Waals surface area contributed by atoms with Gasteiger partial charge in [0.05, 0.1) is 31.8 Å². The summed E-state index contributed by atoms with van der Waals surface area (Å²) in [5.74, 6) is 0.319. The van der Waals surface area contributed by atoms with E-state index in [4.69, 9.17) is 4.74 Å². The molecule has 0 aromatic heterocycles. The topological polar surface area (TPSA) is 41.5 Å². The van der Waals surface area contributed by atoms with E-state index in [1.54, 1.807) is 0 Å². The van der Waals surface area contributed by atoms with E-state index >= 15 is 0 Å². The van der Waals surface area contributed by atoms with Gasteiger partial charge in [-0.25, -0.2) is 0 Å². The van der Waals surface area contributed by atoms with Crippen molar-refractivity contribution in [3.05, 3.63) is 0 Å². The van der Waals surface area contributed by atoms with Gasteiger partial charge < -0.3 is 15.2 Å². The van der Waals surface area contributed by atoms with Crippen molar-refractivity contribution in [1.29, 1.82) is 0 Å². The Morgan fingerprint density at radius 2 is 2.00 bits per heavy atom. The van der Waals surface area contributed by atoms with Crippen molar-refractivity contribution < 1.29 is 23.0 Å². The van der Waals surface area contributed by atoms with Crippen molar-refractivity contribution in [3.8, 4) is 0 Å². The third kappa shape index (κ3) is 5.12. The van der Waals surface area contributed by atoms with Crippen LogP contribution in [-0.4, -0.2) is 43.2 Å². The zero-order valence-corrected chi connectivity index (χ0v) is 10.7. The highest BCUT2D eigenvalue weighted by atomic mass is 19.4. The van der Waals surface area contributed by atoms with Gasteiger partial charge in [-0.2, -0.15) is 13.2 Å². The quantitative estimate of drug-likeness (QED) is 0.630. The number of alkyl halides is 3. The fourth-order valence-corrected chi connectivity index (χ4v) is 2.00. The minimum atomic E-state index is -4.18. The highest BCUT2D eigenvalue weighted by Gasteiger charge is 2.44. The summed E-state index contributed by atoms with van der Waals surface area (Å²) < 4.78 is 41.1. The van der Waals surface area contributed by atoms with Crippen LogP contribution in [0.4, 0.5) is 13.2 Å². The SMILES string of the molecule is CCCNC(CO)(COCCC(F)(F)F)C1CC1. The molecular formula is C12H22F3NO2. The molecule has 1 aliphatic rings. The second kappa shape index (κ2) is 6.73. The Morgan fingerprint density at radius 3 is 2.44 bits per heavy atom. The lowest BCUT2D eigenvalue weighted by molar-refractivity contribution is -0.147. The number of ether oxygens (including phenoxy) is 1. The molecule has 18 heavy (non-hydrogen) atoms. The highest BCUT2D eigenvalue weighted by molar-refractivity contribution is 5.00. The van der Waals surface area contributed by atoms with Crippen LogP contribution in [0.5, 0.6) is 0 Å². The molecule has 1 aliphatic carbocycles. The van der Waals surface area contributed by atoms with Crippen molar-refractivity contribution >= 4 is 0 Å².